The molecule has 0 amide bonds. The van der Waals surface area contributed by atoms with E-state index in [9.17, 15) is 0 Å². The highest BCUT2D eigenvalue weighted by Gasteiger charge is 2.10. The van der Waals surface area contributed by atoms with E-state index in [1.807, 2.05) is 7.05 Å². The van der Waals surface area contributed by atoms with E-state index in [0.29, 0.717) is 6.04 Å². The molecule has 0 aliphatic rings. The minimum Gasteiger partial charge on any atom is -0.383 e. The normalized spacial score (nSPS) is 13.5. The van der Waals surface area contributed by atoms with Gasteiger partial charge in [0.1, 0.15) is 0 Å². The molecule has 3 nitrogen and oxygen atoms in total. The van der Waals surface area contributed by atoms with E-state index in [-0.39, 0.29) is 0 Å². The second-order valence-electron chi connectivity index (χ2n) is 3.74. The van der Waals surface area contributed by atoms with Gasteiger partial charge in [-0.1, -0.05) is 6.92 Å². The summed E-state index contributed by atoms with van der Waals surface area (Å²) in [5.41, 5.74) is 0. The lowest BCUT2D eigenvalue weighted by Crippen LogP contribution is -2.37. The fourth-order valence-corrected chi connectivity index (χ4v) is 1.48. The van der Waals surface area contributed by atoms with Crippen molar-refractivity contribution in [1.82, 2.24) is 10.2 Å². The number of rotatable bonds is 9. The van der Waals surface area contributed by atoms with Crippen LogP contribution in [0.1, 0.15) is 26.7 Å². The summed E-state index contributed by atoms with van der Waals surface area (Å²) >= 11 is 0. The van der Waals surface area contributed by atoms with Crippen molar-refractivity contribution >= 4 is 0 Å². The molecule has 0 fully saturated rings. The zero-order chi connectivity index (χ0) is 10.8. The van der Waals surface area contributed by atoms with Crippen molar-refractivity contribution in [2.75, 3.05) is 40.4 Å². The molecular formula is C11H26N2O. The summed E-state index contributed by atoms with van der Waals surface area (Å²) in [6.45, 7) is 8.68. The predicted octanol–water partition coefficient (Wildman–Crippen LogP) is 1.34. The molecule has 0 rings (SSSR count). The van der Waals surface area contributed by atoms with Crippen LogP contribution in [0, 0.1) is 0 Å². The van der Waals surface area contributed by atoms with Crippen molar-refractivity contribution in [3.8, 4) is 0 Å². The Balaban J connectivity index is 3.72. The van der Waals surface area contributed by atoms with Crippen LogP contribution in [0.15, 0.2) is 0 Å². The van der Waals surface area contributed by atoms with Gasteiger partial charge >= 0.3 is 0 Å². The molecule has 3 heteroatoms. The number of hydrogen-bond donors (Lipinski definition) is 1. The summed E-state index contributed by atoms with van der Waals surface area (Å²) in [4.78, 5) is 2.50. The average molecular weight is 202 g/mol. The number of ether oxygens (including phenoxy) is 1. The maximum absolute atomic E-state index is 5.12. The van der Waals surface area contributed by atoms with Gasteiger partial charge in [0.05, 0.1) is 6.61 Å². The average Bonchev–Trinajstić information content (AvgIpc) is 2.22. The van der Waals surface area contributed by atoms with Crippen molar-refractivity contribution < 1.29 is 4.74 Å². The van der Waals surface area contributed by atoms with Gasteiger partial charge < -0.3 is 10.1 Å². The van der Waals surface area contributed by atoms with Crippen LogP contribution in [0.4, 0.5) is 0 Å². The molecule has 0 radical (unpaired) electrons. The Morgan fingerprint density at radius 1 is 1.36 bits per heavy atom. The number of nitrogens with one attached hydrogen (secondary N) is 1. The third-order valence-corrected chi connectivity index (χ3v) is 2.67. The van der Waals surface area contributed by atoms with E-state index >= 15 is 0 Å². The maximum Gasteiger partial charge on any atom is 0.0589 e. The van der Waals surface area contributed by atoms with E-state index in [1.54, 1.807) is 7.11 Å². The van der Waals surface area contributed by atoms with E-state index in [1.165, 1.54) is 19.4 Å². The van der Waals surface area contributed by atoms with Crippen LogP contribution in [-0.4, -0.2) is 51.3 Å². The molecule has 0 saturated heterocycles. The first-order valence-electron chi connectivity index (χ1n) is 5.63. The highest BCUT2D eigenvalue weighted by molar-refractivity contribution is 4.65. The zero-order valence-electron chi connectivity index (χ0n) is 10.2. The molecular weight excluding hydrogens is 176 g/mol. The Morgan fingerprint density at radius 2 is 2.07 bits per heavy atom. The third-order valence-electron chi connectivity index (χ3n) is 2.67. The molecule has 0 aliphatic carbocycles. The summed E-state index contributed by atoms with van der Waals surface area (Å²) in [6.07, 6.45) is 2.42. The van der Waals surface area contributed by atoms with Gasteiger partial charge in [-0.15, -0.1) is 0 Å². The smallest absolute Gasteiger partial charge is 0.0589 e. The van der Waals surface area contributed by atoms with Crippen LogP contribution < -0.4 is 5.32 Å². The molecule has 0 spiro atoms. The number of nitrogens with zero attached hydrogens (tertiary/aromatic N) is 1. The SMILES string of the molecule is CCC(C)N(CCCNC)CCOC. The van der Waals surface area contributed by atoms with Gasteiger partial charge in [-0.05, 0) is 39.9 Å². The second-order valence-corrected chi connectivity index (χ2v) is 3.74. The molecule has 14 heavy (non-hydrogen) atoms. The Hall–Kier alpha value is -0.120. The maximum atomic E-state index is 5.12. The Bertz CT molecular complexity index is 120. The lowest BCUT2D eigenvalue weighted by atomic mass is 10.2. The zero-order valence-corrected chi connectivity index (χ0v) is 10.2. The molecule has 0 heterocycles. The van der Waals surface area contributed by atoms with E-state index in [2.05, 4.69) is 24.1 Å². The van der Waals surface area contributed by atoms with Crippen molar-refractivity contribution in [1.29, 1.82) is 0 Å². The first-order valence-corrected chi connectivity index (χ1v) is 5.63. The molecule has 0 aliphatic heterocycles. The summed E-state index contributed by atoms with van der Waals surface area (Å²) in [6, 6.07) is 0.669. The van der Waals surface area contributed by atoms with Crippen molar-refractivity contribution in [3.63, 3.8) is 0 Å². The van der Waals surface area contributed by atoms with Gasteiger partial charge in [0.2, 0.25) is 0 Å². The van der Waals surface area contributed by atoms with Gasteiger partial charge in [-0.25, -0.2) is 0 Å². The fourth-order valence-electron chi connectivity index (χ4n) is 1.48. The standard InChI is InChI=1S/C11H26N2O/c1-5-11(2)13(9-10-14-4)8-6-7-12-3/h11-12H,5-10H2,1-4H3. The molecule has 86 valence electrons. The van der Waals surface area contributed by atoms with Gasteiger partial charge in [-0.3, -0.25) is 4.90 Å². The topological polar surface area (TPSA) is 24.5 Å². The van der Waals surface area contributed by atoms with Crippen LogP contribution in [0.25, 0.3) is 0 Å². The van der Waals surface area contributed by atoms with Crippen LogP contribution >= 0.6 is 0 Å². The minimum absolute atomic E-state index is 0.669. The molecule has 0 aromatic heterocycles. The van der Waals surface area contributed by atoms with Gasteiger partial charge in [0.25, 0.3) is 0 Å². The van der Waals surface area contributed by atoms with Crippen LogP contribution in [0.5, 0.6) is 0 Å². The monoisotopic (exact) mass is 202 g/mol. The Labute approximate surface area is 88.8 Å². The van der Waals surface area contributed by atoms with E-state index in [4.69, 9.17) is 4.74 Å². The quantitative estimate of drug-likeness (QED) is 0.571. The first-order chi connectivity index (χ1) is 6.76. The summed E-state index contributed by atoms with van der Waals surface area (Å²) in [7, 11) is 3.77. The van der Waals surface area contributed by atoms with Crippen molar-refractivity contribution in [3.05, 3.63) is 0 Å². The fraction of sp³-hybridized carbons (Fsp3) is 1.00. The van der Waals surface area contributed by atoms with Gasteiger partial charge in [0.15, 0.2) is 0 Å². The van der Waals surface area contributed by atoms with Crippen LogP contribution in [-0.2, 0) is 4.74 Å². The minimum atomic E-state index is 0.669. The molecule has 0 aromatic rings. The highest BCUT2D eigenvalue weighted by atomic mass is 16.5. The van der Waals surface area contributed by atoms with Crippen molar-refractivity contribution in [2.24, 2.45) is 0 Å². The Morgan fingerprint density at radius 3 is 2.57 bits per heavy atom. The summed E-state index contributed by atoms with van der Waals surface area (Å²) < 4.78 is 5.12. The molecule has 0 bridgehead atoms. The van der Waals surface area contributed by atoms with Gasteiger partial charge in [0, 0.05) is 19.7 Å². The largest absolute Gasteiger partial charge is 0.383 e. The van der Waals surface area contributed by atoms with Crippen LogP contribution in [0.3, 0.4) is 0 Å². The lowest BCUT2D eigenvalue weighted by molar-refractivity contribution is 0.122. The van der Waals surface area contributed by atoms with E-state index < -0.39 is 0 Å². The van der Waals surface area contributed by atoms with Crippen molar-refractivity contribution in [2.45, 2.75) is 32.7 Å². The third kappa shape index (κ3) is 6.35. The molecule has 0 saturated carbocycles. The van der Waals surface area contributed by atoms with Crippen LogP contribution in [0.2, 0.25) is 0 Å². The van der Waals surface area contributed by atoms with Gasteiger partial charge in [-0.2, -0.15) is 0 Å². The predicted molar refractivity (Wildman–Crippen MR) is 61.7 cm³/mol. The molecule has 1 unspecified atom stereocenters. The highest BCUT2D eigenvalue weighted by Crippen LogP contribution is 2.03. The molecule has 1 N–H and O–H groups in total. The number of methoxy groups -OCH3 is 1. The molecule has 1 atom stereocenters. The summed E-state index contributed by atoms with van der Waals surface area (Å²) in [5.74, 6) is 0. The molecule has 0 aromatic carbocycles. The second kappa shape index (κ2) is 9.44. The lowest BCUT2D eigenvalue weighted by Gasteiger charge is -2.28. The summed E-state index contributed by atoms with van der Waals surface area (Å²) in [5, 5.41) is 3.18. The van der Waals surface area contributed by atoms with E-state index in [0.717, 1.165) is 19.7 Å². The first kappa shape index (κ1) is 13.9. The number of hydrogen-bond acceptors (Lipinski definition) is 3. The Kier molecular flexibility index (Phi) is 9.35.